The lowest BCUT2D eigenvalue weighted by Crippen LogP contribution is -2.05. The van der Waals surface area contributed by atoms with Crippen molar-refractivity contribution in [1.82, 2.24) is 0 Å². The minimum absolute atomic E-state index is 0.236. The molecule has 0 aliphatic carbocycles. The number of aryl methyl sites for hydroxylation is 1. The van der Waals surface area contributed by atoms with Crippen LogP contribution in [0.1, 0.15) is 17.5 Å². The first-order valence-electron chi connectivity index (χ1n) is 7.92. The van der Waals surface area contributed by atoms with E-state index in [0.29, 0.717) is 24.3 Å². The Morgan fingerprint density at radius 1 is 1.12 bits per heavy atom. The van der Waals surface area contributed by atoms with Gasteiger partial charge in [0.1, 0.15) is 12.4 Å². The Bertz CT molecular complexity index is 710. The Kier molecular flexibility index (Phi) is 7.54. The third-order valence-corrected chi connectivity index (χ3v) is 4.16. The summed E-state index contributed by atoms with van der Waals surface area (Å²) in [6.07, 6.45) is 2.43. The van der Waals surface area contributed by atoms with Crippen LogP contribution in [-0.2, 0) is 21.3 Å². The number of benzene rings is 2. The predicted molar refractivity (Wildman–Crippen MR) is 102 cm³/mol. The first kappa shape index (κ1) is 19.1. The number of alkyl halides is 1. The van der Waals surface area contributed by atoms with Gasteiger partial charge in [0.05, 0.1) is 7.11 Å². The predicted octanol–water partition coefficient (Wildman–Crippen LogP) is 5.04. The first-order valence-corrected chi connectivity index (χ1v) is 9.04. The number of ether oxygens (including phenoxy) is 3. The van der Waals surface area contributed by atoms with Gasteiger partial charge < -0.3 is 14.2 Å². The van der Waals surface area contributed by atoms with Crippen LogP contribution in [0.4, 0.5) is 0 Å². The fraction of sp³-hybridized carbons (Fsp3) is 0.250. The average Bonchev–Trinajstić information content (AvgIpc) is 2.65. The summed E-state index contributed by atoms with van der Waals surface area (Å²) in [4.78, 5) is 11.6. The van der Waals surface area contributed by atoms with Gasteiger partial charge >= 0.3 is 5.97 Å². The molecule has 4 nitrogen and oxygen atoms in total. The van der Waals surface area contributed by atoms with Gasteiger partial charge in [-0.25, -0.2) is 0 Å². The molecule has 0 unspecified atom stereocenters. The number of esters is 1. The average molecular weight is 405 g/mol. The van der Waals surface area contributed by atoms with Crippen molar-refractivity contribution in [3.63, 3.8) is 0 Å². The van der Waals surface area contributed by atoms with Gasteiger partial charge in [-0.2, -0.15) is 0 Å². The van der Waals surface area contributed by atoms with Crippen molar-refractivity contribution >= 4 is 21.9 Å². The minimum Gasteiger partial charge on any atom is -0.493 e. The number of halogens is 1. The van der Waals surface area contributed by atoms with E-state index < -0.39 is 0 Å². The molecule has 0 fully saturated rings. The highest BCUT2D eigenvalue weighted by Crippen LogP contribution is 2.33. The Labute approximate surface area is 156 Å². The smallest absolute Gasteiger partial charge is 0.306 e. The molecular formula is C20H21BrO4. The van der Waals surface area contributed by atoms with Crippen molar-refractivity contribution < 1.29 is 19.0 Å². The zero-order valence-electron chi connectivity index (χ0n) is 14.2. The van der Waals surface area contributed by atoms with Crippen LogP contribution < -0.4 is 9.47 Å². The second-order valence-electron chi connectivity index (χ2n) is 5.34. The molecular weight excluding hydrogens is 384 g/mol. The van der Waals surface area contributed by atoms with E-state index in [1.54, 1.807) is 13.2 Å². The normalized spacial score (nSPS) is 10.2. The van der Waals surface area contributed by atoms with E-state index >= 15 is 0 Å². The third kappa shape index (κ3) is 5.94. The van der Waals surface area contributed by atoms with Gasteiger partial charge in [-0.15, -0.1) is 0 Å². The van der Waals surface area contributed by atoms with Crippen LogP contribution in [0.3, 0.4) is 0 Å². The fourth-order valence-electron chi connectivity index (χ4n) is 2.20. The number of rotatable bonds is 9. The summed E-state index contributed by atoms with van der Waals surface area (Å²) in [6.45, 7) is 3.76. The minimum atomic E-state index is -0.247. The van der Waals surface area contributed by atoms with Crippen molar-refractivity contribution in [2.75, 3.05) is 13.7 Å². The highest BCUT2D eigenvalue weighted by atomic mass is 79.9. The quantitative estimate of drug-likeness (QED) is 0.333. The number of hydrogen-bond donors (Lipinski definition) is 0. The van der Waals surface area contributed by atoms with Crippen molar-refractivity contribution in [2.24, 2.45) is 0 Å². The van der Waals surface area contributed by atoms with E-state index in [1.165, 1.54) is 5.56 Å². The Balaban J connectivity index is 2.07. The summed E-state index contributed by atoms with van der Waals surface area (Å²) in [7, 11) is 1.60. The lowest BCUT2D eigenvalue weighted by Gasteiger charge is -2.12. The zero-order chi connectivity index (χ0) is 18.1. The molecule has 2 rings (SSSR count). The Morgan fingerprint density at radius 3 is 2.48 bits per heavy atom. The topological polar surface area (TPSA) is 44.8 Å². The molecule has 2 aromatic carbocycles. The monoisotopic (exact) mass is 404 g/mol. The molecule has 25 heavy (non-hydrogen) atoms. The molecule has 0 bridgehead atoms. The van der Waals surface area contributed by atoms with E-state index in [9.17, 15) is 4.79 Å². The summed E-state index contributed by atoms with van der Waals surface area (Å²) in [5.74, 6) is 1.74. The van der Waals surface area contributed by atoms with Gasteiger partial charge in [0, 0.05) is 11.8 Å². The largest absolute Gasteiger partial charge is 0.493 e. The Morgan fingerprint density at radius 2 is 1.84 bits per heavy atom. The van der Waals surface area contributed by atoms with E-state index in [-0.39, 0.29) is 12.6 Å². The second kappa shape index (κ2) is 9.89. The molecule has 0 aliphatic heterocycles. The molecule has 0 saturated carbocycles. The molecule has 0 radical (unpaired) electrons. The van der Waals surface area contributed by atoms with E-state index in [1.807, 2.05) is 42.5 Å². The number of carbonyl (C=O) groups excluding carboxylic acids is 1. The lowest BCUT2D eigenvalue weighted by molar-refractivity contribution is -0.142. The molecule has 132 valence electrons. The van der Waals surface area contributed by atoms with Gasteiger partial charge in [0.2, 0.25) is 0 Å². The molecule has 0 spiro atoms. The molecule has 0 N–H and O–H groups in total. The van der Waals surface area contributed by atoms with Crippen LogP contribution in [0.25, 0.3) is 0 Å². The highest BCUT2D eigenvalue weighted by molar-refractivity contribution is 9.08. The van der Waals surface area contributed by atoms with Crippen LogP contribution in [0.2, 0.25) is 0 Å². The summed E-state index contributed by atoms with van der Waals surface area (Å²) in [5.41, 5.74) is 2.15. The van der Waals surface area contributed by atoms with Crippen molar-refractivity contribution in [3.8, 4) is 17.2 Å². The van der Waals surface area contributed by atoms with Gasteiger partial charge in [-0.3, -0.25) is 4.79 Å². The molecule has 0 amide bonds. The number of carbonyl (C=O) groups is 1. The first-order chi connectivity index (χ1) is 12.2. The van der Waals surface area contributed by atoms with Crippen molar-refractivity contribution in [2.45, 2.75) is 18.2 Å². The molecule has 5 heteroatoms. The van der Waals surface area contributed by atoms with Gasteiger partial charge in [0.25, 0.3) is 0 Å². The van der Waals surface area contributed by atoms with E-state index in [2.05, 4.69) is 22.5 Å². The van der Waals surface area contributed by atoms with Gasteiger partial charge in [-0.05, 0) is 41.8 Å². The number of hydrogen-bond acceptors (Lipinski definition) is 4. The van der Waals surface area contributed by atoms with Gasteiger partial charge in [-0.1, -0.05) is 46.8 Å². The summed E-state index contributed by atoms with van der Waals surface area (Å²) in [5, 5.41) is 0.800. The second-order valence-corrected chi connectivity index (χ2v) is 5.90. The van der Waals surface area contributed by atoms with Crippen LogP contribution in [0.15, 0.2) is 55.1 Å². The fourth-order valence-corrected chi connectivity index (χ4v) is 2.57. The van der Waals surface area contributed by atoms with E-state index in [0.717, 1.165) is 16.6 Å². The van der Waals surface area contributed by atoms with Crippen LogP contribution in [-0.4, -0.2) is 19.7 Å². The Hall–Kier alpha value is -2.27. The third-order valence-electron chi connectivity index (χ3n) is 3.51. The standard InChI is InChI=1S/C20H21BrO4/c1-3-12-24-20(22)11-7-15-6-10-18(23-2)19(13-15)25-17-8-4-16(14-21)5-9-17/h3-6,8-10,13H,1,7,11-12,14H2,2H3. The molecule has 0 saturated heterocycles. The maximum atomic E-state index is 11.6. The summed E-state index contributed by atoms with van der Waals surface area (Å²) >= 11 is 3.42. The van der Waals surface area contributed by atoms with Crippen LogP contribution in [0.5, 0.6) is 17.2 Å². The SMILES string of the molecule is C=CCOC(=O)CCc1ccc(OC)c(Oc2ccc(CBr)cc2)c1. The maximum Gasteiger partial charge on any atom is 0.306 e. The molecule has 0 atom stereocenters. The van der Waals surface area contributed by atoms with Crippen molar-refractivity contribution in [1.29, 1.82) is 0 Å². The molecule has 0 aliphatic rings. The van der Waals surface area contributed by atoms with Gasteiger partial charge in [0.15, 0.2) is 11.5 Å². The van der Waals surface area contributed by atoms with Crippen LogP contribution >= 0.6 is 15.9 Å². The van der Waals surface area contributed by atoms with Crippen LogP contribution in [0, 0.1) is 0 Å². The number of methoxy groups -OCH3 is 1. The zero-order valence-corrected chi connectivity index (χ0v) is 15.8. The maximum absolute atomic E-state index is 11.6. The highest BCUT2D eigenvalue weighted by Gasteiger charge is 2.09. The summed E-state index contributed by atoms with van der Waals surface area (Å²) in [6, 6.07) is 13.5. The van der Waals surface area contributed by atoms with E-state index in [4.69, 9.17) is 14.2 Å². The molecule has 2 aromatic rings. The lowest BCUT2D eigenvalue weighted by atomic mass is 10.1. The molecule has 0 aromatic heterocycles. The molecule has 0 heterocycles. The van der Waals surface area contributed by atoms with Crippen molar-refractivity contribution in [3.05, 3.63) is 66.2 Å². The summed E-state index contributed by atoms with van der Waals surface area (Å²) < 4.78 is 16.3.